The molecule has 0 saturated carbocycles. The molecule has 0 aliphatic heterocycles. The Bertz CT molecular complexity index is 570. The molecule has 0 radical (unpaired) electrons. The number of carbonyl (C=O) groups is 1. The van der Waals surface area contributed by atoms with Crippen LogP contribution in [0.25, 0.3) is 0 Å². The lowest BCUT2D eigenvalue weighted by molar-refractivity contribution is 0.0541. The molecule has 20 heavy (non-hydrogen) atoms. The molecule has 0 aliphatic rings. The number of carbonyl (C=O) groups excluding carboxylic acids is 1. The number of hydrogen-bond donors (Lipinski definition) is 2. The summed E-state index contributed by atoms with van der Waals surface area (Å²) in [6.45, 7) is 5.18. The second kappa shape index (κ2) is 6.48. The van der Waals surface area contributed by atoms with E-state index in [1.165, 1.54) is 7.11 Å². The number of hydrazine groups is 1. The van der Waals surface area contributed by atoms with Crippen LogP contribution in [0, 0.1) is 0 Å². The Kier molecular flexibility index (Phi) is 5.45. The summed E-state index contributed by atoms with van der Waals surface area (Å²) >= 11 is 7.61. The van der Waals surface area contributed by atoms with Crippen LogP contribution < -0.4 is 21.1 Å². The van der Waals surface area contributed by atoms with Gasteiger partial charge in [0, 0.05) is 0 Å². The molecule has 1 heterocycles. The Hall–Kier alpha value is -1.23. The van der Waals surface area contributed by atoms with Crippen LogP contribution in [0.4, 0.5) is 10.6 Å². The van der Waals surface area contributed by atoms with Gasteiger partial charge < -0.3 is 9.47 Å². The maximum absolute atomic E-state index is 11.6. The molecule has 0 saturated heterocycles. The molecule has 1 rings (SSSR count). The minimum absolute atomic E-state index is 0.0403. The summed E-state index contributed by atoms with van der Waals surface area (Å²) in [7, 11) is 1.31. The third-order valence-corrected chi connectivity index (χ3v) is 2.85. The van der Waals surface area contributed by atoms with Gasteiger partial charge in [0.05, 0.1) is 30.0 Å². The second-order valence-electron chi connectivity index (χ2n) is 4.61. The van der Waals surface area contributed by atoms with Gasteiger partial charge >= 0.3 is 11.7 Å². The fourth-order valence-electron chi connectivity index (χ4n) is 1.13. The molecule has 0 spiro atoms. The van der Waals surface area contributed by atoms with Crippen molar-refractivity contribution in [3.63, 3.8) is 0 Å². The number of amides is 1. The summed E-state index contributed by atoms with van der Waals surface area (Å²) in [5.41, 5.74) is 3.59. The van der Waals surface area contributed by atoms with Gasteiger partial charge in [0.15, 0.2) is 5.82 Å². The lowest BCUT2D eigenvalue weighted by Crippen LogP contribution is -2.36. The van der Waals surface area contributed by atoms with Crippen LogP contribution in [0.1, 0.15) is 20.8 Å². The molecule has 1 aromatic heterocycles. The largest absolute Gasteiger partial charge is 0.490 e. The van der Waals surface area contributed by atoms with Gasteiger partial charge in [-0.3, -0.25) is 10.2 Å². The van der Waals surface area contributed by atoms with Crippen LogP contribution in [-0.4, -0.2) is 26.8 Å². The van der Waals surface area contributed by atoms with Gasteiger partial charge in [0.25, 0.3) is 0 Å². The zero-order valence-electron chi connectivity index (χ0n) is 11.3. The van der Waals surface area contributed by atoms with Crippen molar-refractivity contribution in [3.05, 3.63) is 15.4 Å². The van der Waals surface area contributed by atoms with Gasteiger partial charge in [0.1, 0.15) is 10.6 Å². The van der Waals surface area contributed by atoms with Crippen LogP contribution in [0.3, 0.4) is 0 Å². The molecule has 0 aromatic carbocycles. The fourth-order valence-corrected chi connectivity index (χ4v) is 1.81. The van der Waals surface area contributed by atoms with Gasteiger partial charge in [-0.1, -0.05) is 11.6 Å². The molecule has 0 unspecified atom stereocenters. The monoisotopic (exact) mass is 416 g/mol. The highest BCUT2D eigenvalue weighted by atomic mass is 127. The van der Waals surface area contributed by atoms with Gasteiger partial charge in [-0.05, 0) is 20.8 Å². The average molecular weight is 417 g/mol. The molecule has 0 bridgehead atoms. The van der Waals surface area contributed by atoms with E-state index in [-0.39, 0.29) is 16.6 Å². The summed E-state index contributed by atoms with van der Waals surface area (Å²) in [5.74, 6) is -0.0204. The third-order valence-electron chi connectivity index (χ3n) is 1.84. The van der Waals surface area contributed by atoms with E-state index in [0.717, 1.165) is 2.90 Å². The number of anilines is 1. The van der Waals surface area contributed by atoms with Crippen LogP contribution >= 0.6 is 34.5 Å². The van der Waals surface area contributed by atoms with Crippen molar-refractivity contribution in [3.8, 4) is 5.75 Å². The summed E-state index contributed by atoms with van der Waals surface area (Å²) in [6.07, 6.45) is -0.708. The molecule has 112 valence electrons. The molecule has 2 N–H and O–H groups in total. The Morgan fingerprint density at radius 2 is 2.05 bits per heavy atom. The van der Waals surface area contributed by atoms with Crippen LogP contribution in [-0.2, 0) is 4.74 Å². The van der Waals surface area contributed by atoms with E-state index in [9.17, 15) is 9.59 Å². The number of nitrogens with zero attached hydrogens (tertiary/aromatic N) is 2. The zero-order valence-corrected chi connectivity index (χ0v) is 14.2. The number of halogens is 2. The summed E-state index contributed by atoms with van der Waals surface area (Å²) in [5, 5.41) is 3.81. The van der Waals surface area contributed by atoms with Gasteiger partial charge in [-0.15, -0.1) is 5.10 Å². The first-order valence-corrected chi connectivity index (χ1v) is 6.78. The van der Waals surface area contributed by atoms with Crippen molar-refractivity contribution >= 4 is 46.4 Å². The van der Waals surface area contributed by atoms with E-state index >= 15 is 0 Å². The summed E-state index contributed by atoms with van der Waals surface area (Å²) in [4.78, 5) is 23.1. The van der Waals surface area contributed by atoms with E-state index in [2.05, 4.69) is 16.0 Å². The van der Waals surface area contributed by atoms with Crippen LogP contribution in [0.2, 0.25) is 5.02 Å². The quantitative estimate of drug-likeness (QED) is 0.578. The van der Waals surface area contributed by atoms with Crippen LogP contribution in [0.5, 0.6) is 5.75 Å². The molecule has 8 nitrogen and oxygen atoms in total. The Balaban J connectivity index is 2.87. The lowest BCUT2D eigenvalue weighted by Gasteiger charge is -2.20. The highest BCUT2D eigenvalue weighted by Crippen LogP contribution is 2.26. The average Bonchev–Trinajstić information content (AvgIpc) is 2.31. The lowest BCUT2D eigenvalue weighted by atomic mass is 10.2. The zero-order chi connectivity index (χ0) is 15.5. The summed E-state index contributed by atoms with van der Waals surface area (Å²) in [6, 6.07) is 0. The molecule has 10 heteroatoms. The van der Waals surface area contributed by atoms with Crippen molar-refractivity contribution in [2.24, 2.45) is 0 Å². The number of nitrogens with one attached hydrogen (secondary N) is 2. The van der Waals surface area contributed by atoms with Crippen molar-refractivity contribution in [2.45, 2.75) is 26.4 Å². The smallest absolute Gasteiger partial charge is 0.426 e. The van der Waals surface area contributed by atoms with E-state index in [1.807, 2.05) is 0 Å². The standard InChI is InChI=1S/C10H14ClIN4O4/c1-10(2,3)20-9(18)14-13-7-5(11)6(19-4)8(17)16(12)15-7/h1-4H3,(H,13,15)(H,14,18). The molecular formula is C10H14ClIN4O4. The first kappa shape index (κ1) is 16.8. The molecular weight excluding hydrogens is 402 g/mol. The highest BCUT2D eigenvalue weighted by Gasteiger charge is 2.19. The first-order valence-electron chi connectivity index (χ1n) is 5.43. The van der Waals surface area contributed by atoms with E-state index in [4.69, 9.17) is 21.1 Å². The van der Waals surface area contributed by atoms with Crippen molar-refractivity contribution in [1.82, 2.24) is 13.4 Å². The predicted octanol–water partition coefficient (Wildman–Crippen LogP) is 1.95. The van der Waals surface area contributed by atoms with Gasteiger partial charge in [-0.25, -0.2) is 10.2 Å². The summed E-state index contributed by atoms with van der Waals surface area (Å²) < 4.78 is 10.9. The Labute approximate surface area is 134 Å². The first-order chi connectivity index (χ1) is 9.15. The molecule has 1 amide bonds. The van der Waals surface area contributed by atoms with Gasteiger partial charge in [-0.2, -0.15) is 2.90 Å². The number of methoxy groups -OCH3 is 1. The van der Waals surface area contributed by atoms with Crippen molar-refractivity contribution in [1.29, 1.82) is 0 Å². The topological polar surface area (TPSA) is 94.5 Å². The van der Waals surface area contributed by atoms with Gasteiger partial charge in [0.2, 0.25) is 5.75 Å². The SMILES string of the molecule is COc1c(Cl)c(NNC(=O)OC(C)(C)C)nn(I)c1=O. The Morgan fingerprint density at radius 3 is 2.55 bits per heavy atom. The minimum Gasteiger partial charge on any atom is -0.490 e. The number of hydrogen-bond acceptors (Lipinski definition) is 6. The molecule has 0 atom stereocenters. The molecule has 0 aliphatic carbocycles. The van der Waals surface area contributed by atoms with E-state index < -0.39 is 17.3 Å². The number of ether oxygens (including phenoxy) is 2. The van der Waals surface area contributed by atoms with Crippen molar-refractivity contribution in [2.75, 3.05) is 12.5 Å². The van der Waals surface area contributed by atoms with Crippen LogP contribution in [0.15, 0.2) is 4.79 Å². The number of aromatic nitrogens is 2. The number of rotatable bonds is 3. The normalized spacial score (nSPS) is 10.9. The maximum atomic E-state index is 11.6. The van der Waals surface area contributed by atoms with Crippen molar-refractivity contribution < 1.29 is 14.3 Å². The fraction of sp³-hybridized carbons (Fsp3) is 0.500. The third kappa shape index (κ3) is 4.40. The predicted molar refractivity (Wildman–Crippen MR) is 82.5 cm³/mol. The maximum Gasteiger partial charge on any atom is 0.426 e. The Morgan fingerprint density at radius 1 is 1.45 bits per heavy atom. The highest BCUT2D eigenvalue weighted by molar-refractivity contribution is 14.1. The van der Waals surface area contributed by atoms with E-state index in [0.29, 0.717) is 0 Å². The molecule has 0 fully saturated rings. The minimum atomic E-state index is -0.708. The second-order valence-corrected chi connectivity index (χ2v) is 5.90. The molecule has 1 aromatic rings. The van der Waals surface area contributed by atoms with E-state index in [1.54, 1.807) is 43.6 Å².